The van der Waals surface area contributed by atoms with Gasteiger partial charge in [-0.05, 0) is 36.9 Å². The van der Waals surface area contributed by atoms with Gasteiger partial charge in [0.05, 0.1) is 0 Å². The molecule has 0 saturated heterocycles. The van der Waals surface area contributed by atoms with Crippen LogP contribution in [0.25, 0.3) is 10.8 Å². The Bertz CT molecular complexity index is 525. The molecule has 0 aliphatic heterocycles. The number of nitrogens with zero attached hydrogens (tertiary/aromatic N) is 1. The first-order chi connectivity index (χ1) is 9.83. The number of aromatic nitrogens is 1. The highest BCUT2D eigenvalue weighted by molar-refractivity contribution is 5.81. The summed E-state index contributed by atoms with van der Waals surface area (Å²) in [6, 6.07) is 8.43. The van der Waals surface area contributed by atoms with Crippen LogP contribution >= 0.6 is 0 Å². The second-order valence-corrected chi connectivity index (χ2v) is 4.53. The molecule has 0 atom stereocenters. The van der Waals surface area contributed by atoms with Crippen LogP contribution in [0.4, 0.5) is 0 Å². The minimum Gasteiger partial charge on any atom is -0.352 e. The molecule has 2 aromatic rings. The van der Waals surface area contributed by atoms with Crippen molar-refractivity contribution in [1.29, 1.82) is 0 Å². The van der Waals surface area contributed by atoms with Gasteiger partial charge < -0.3 is 14.8 Å². The number of ether oxygens (including phenoxy) is 2. The number of hydrogen-bond donors (Lipinski definition) is 1. The summed E-state index contributed by atoms with van der Waals surface area (Å²) >= 11 is 0. The van der Waals surface area contributed by atoms with Gasteiger partial charge in [-0.2, -0.15) is 0 Å². The van der Waals surface area contributed by atoms with Crippen LogP contribution < -0.4 is 5.32 Å². The molecule has 1 aromatic heterocycles. The third-order valence-electron chi connectivity index (χ3n) is 3.05. The van der Waals surface area contributed by atoms with Crippen molar-refractivity contribution in [3.8, 4) is 0 Å². The van der Waals surface area contributed by atoms with E-state index in [1.807, 2.05) is 32.3 Å². The summed E-state index contributed by atoms with van der Waals surface area (Å²) in [6.45, 7) is 6.77. The predicted octanol–water partition coefficient (Wildman–Crippen LogP) is 2.72. The maximum atomic E-state index is 5.50. The van der Waals surface area contributed by atoms with Gasteiger partial charge in [0, 0.05) is 44.1 Å². The van der Waals surface area contributed by atoms with Crippen molar-refractivity contribution in [3.05, 3.63) is 42.2 Å². The van der Waals surface area contributed by atoms with Crippen molar-refractivity contribution < 1.29 is 9.47 Å². The van der Waals surface area contributed by atoms with Crippen molar-refractivity contribution in [1.82, 2.24) is 10.3 Å². The number of hydrogen-bond acceptors (Lipinski definition) is 4. The number of rotatable bonds is 8. The summed E-state index contributed by atoms with van der Waals surface area (Å²) in [5, 5.41) is 5.75. The summed E-state index contributed by atoms with van der Waals surface area (Å²) in [5.74, 6) is 0. The van der Waals surface area contributed by atoms with Gasteiger partial charge in [0.2, 0.25) is 0 Å². The SMILES string of the molecule is CCOC(CNCc1ccc2cnccc2c1)OCC. The van der Waals surface area contributed by atoms with E-state index in [9.17, 15) is 0 Å². The highest BCUT2D eigenvalue weighted by Gasteiger charge is 2.06. The van der Waals surface area contributed by atoms with Gasteiger partial charge in [-0.3, -0.25) is 4.98 Å². The molecule has 1 aromatic carbocycles. The summed E-state index contributed by atoms with van der Waals surface area (Å²) in [5.41, 5.74) is 1.25. The molecule has 20 heavy (non-hydrogen) atoms. The second-order valence-electron chi connectivity index (χ2n) is 4.53. The molecule has 2 rings (SSSR count). The summed E-state index contributed by atoms with van der Waals surface area (Å²) in [6.07, 6.45) is 3.53. The lowest BCUT2D eigenvalue weighted by atomic mass is 10.1. The Labute approximate surface area is 120 Å². The third-order valence-corrected chi connectivity index (χ3v) is 3.05. The van der Waals surface area contributed by atoms with Crippen molar-refractivity contribution >= 4 is 10.8 Å². The lowest BCUT2D eigenvalue weighted by Crippen LogP contribution is -2.31. The number of benzene rings is 1. The number of nitrogens with one attached hydrogen (secondary N) is 1. The zero-order valence-corrected chi connectivity index (χ0v) is 12.1. The van der Waals surface area contributed by atoms with Crippen LogP contribution in [0.3, 0.4) is 0 Å². The molecule has 1 N–H and O–H groups in total. The fourth-order valence-corrected chi connectivity index (χ4v) is 2.11. The molecule has 0 radical (unpaired) electrons. The number of fused-ring (bicyclic) bond motifs is 1. The van der Waals surface area contributed by atoms with Gasteiger partial charge in [-0.15, -0.1) is 0 Å². The van der Waals surface area contributed by atoms with Crippen molar-refractivity contribution in [3.63, 3.8) is 0 Å². The fourth-order valence-electron chi connectivity index (χ4n) is 2.11. The quantitative estimate of drug-likeness (QED) is 0.752. The number of pyridine rings is 1. The topological polar surface area (TPSA) is 43.4 Å². The van der Waals surface area contributed by atoms with E-state index in [1.54, 1.807) is 0 Å². The van der Waals surface area contributed by atoms with Crippen molar-refractivity contribution in [2.45, 2.75) is 26.7 Å². The Hall–Kier alpha value is -1.49. The first-order valence-electron chi connectivity index (χ1n) is 7.10. The van der Waals surface area contributed by atoms with Gasteiger partial charge >= 0.3 is 0 Å². The largest absolute Gasteiger partial charge is 0.352 e. The van der Waals surface area contributed by atoms with E-state index in [-0.39, 0.29) is 6.29 Å². The van der Waals surface area contributed by atoms with Crippen LogP contribution in [-0.2, 0) is 16.0 Å². The zero-order chi connectivity index (χ0) is 14.2. The summed E-state index contributed by atoms with van der Waals surface area (Å²) in [4.78, 5) is 4.12. The van der Waals surface area contributed by atoms with Crippen LogP contribution in [0, 0.1) is 0 Å². The van der Waals surface area contributed by atoms with Crippen LogP contribution in [0.2, 0.25) is 0 Å². The molecule has 0 fully saturated rings. The van der Waals surface area contributed by atoms with E-state index in [2.05, 4.69) is 28.5 Å². The molecule has 1 heterocycles. The molecule has 4 nitrogen and oxygen atoms in total. The Balaban J connectivity index is 1.88. The van der Waals surface area contributed by atoms with Gasteiger partial charge in [0.1, 0.15) is 0 Å². The molecular weight excluding hydrogens is 252 g/mol. The van der Waals surface area contributed by atoms with Gasteiger partial charge in [-0.25, -0.2) is 0 Å². The average molecular weight is 274 g/mol. The van der Waals surface area contributed by atoms with Gasteiger partial charge in [0.25, 0.3) is 0 Å². The predicted molar refractivity (Wildman–Crippen MR) is 80.5 cm³/mol. The first kappa shape index (κ1) is 14.9. The molecule has 0 saturated carbocycles. The van der Waals surface area contributed by atoms with Crippen LogP contribution in [-0.4, -0.2) is 31.0 Å². The molecule has 0 spiro atoms. The molecule has 0 bridgehead atoms. The fraction of sp³-hybridized carbons (Fsp3) is 0.438. The Morgan fingerprint density at radius 1 is 1.10 bits per heavy atom. The van der Waals surface area contributed by atoms with Crippen molar-refractivity contribution in [2.75, 3.05) is 19.8 Å². The van der Waals surface area contributed by atoms with Crippen LogP contribution in [0.5, 0.6) is 0 Å². The maximum Gasteiger partial charge on any atom is 0.169 e. The van der Waals surface area contributed by atoms with E-state index >= 15 is 0 Å². The van der Waals surface area contributed by atoms with Gasteiger partial charge in [-0.1, -0.05) is 12.1 Å². The second kappa shape index (κ2) is 7.94. The average Bonchev–Trinajstić information content (AvgIpc) is 2.47. The van der Waals surface area contributed by atoms with E-state index in [0.717, 1.165) is 11.9 Å². The van der Waals surface area contributed by atoms with E-state index in [4.69, 9.17) is 9.47 Å². The third kappa shape index (κ3) is 4.27. The molecule has 0 aliphatic rings. The lowest BCUT2D eigenvalue weighted by Gasteiger charge is -2.17. The molecule has 0 unspecified atom stereocenters. The molecular formula is C16H22N2O2. The Morgan fingerprint density at radius 2 is 1.90 bits per heavy atom. The minimum atomic E-state index is -0.172. The highest BCUT2D eigenvalue weighted by atomic mass is 16.7. The lowest BCUT2D eigenvalue weighted by molar-refractivity contribution is -0.133. The normalized spacial score (nSPS) is 11.3. The minimum absolute atomic E-state index is 0.172. The van der Waals surface area contributed by atoms with Crippen molar-refractivity contribution in [2.24, 2.45) is 0 Å². The van der Waals surface area contributed by atoms with Crippen LogP contribution in [0.15, 0.2) is 36.7 Å². The smallest absolute Gasteiger partial charge is 0.169 e. The standard InChI is InChI=1S/C16H22N2O2/c1-3-19-16(20-4-2)12-18-10-13-5-6-15-11-17-8-7-14(15)9-13/h5-9,11,16,18H,3-4,10,12H2,1-2H3. The first-order valence-corrected chi connectivity index (χ1v) is 7.10. The molecule has 108 valence electrons. The van der Waals surface area contributed by atoms with E-state index < -0.39 is 0 Å². The summed E-state index contributed by atoms with van der Waals surface area (Å²) < 4.78 is 11.0. The van der Waals surface area contributed by atoms with Crippen LogP contribution in [0.1, 0.15) is 19.4 Å². The Kier molecular flexibility index (Phi) is 5.92. The molecule has 4 heteroatoms. The highest BCUT2D eigenvalue weighted by Crippen LogP contribution is 2.14. The molecule has 0 amide bonds. The summed E-state index contributed by atoms with van der Waals surface area (Å²) in [7, 11) is 0. The maximum absolute atomic E-state index is 5.50. The van der Waals surface area contributed by atoms with Gasteiger partial charge in [0.15, 0.2) is 6.29 Å². The zero-order valence-electron chi connectivity index (χ0n) is 12.1. The molecule has 0 aliphatic carbocycles. The van der Waals surface area contributed by atoms with E-state index in [0.29, 0.717) is 19.8 Å². The van der Waals surface area contributed by atoms with E-state index in [1.165, 1.54) is 10.9 Å². The Morgan fingerprint density at radius 3 is 2.65 bits per heavy atom. The monoisotopic (exact) mass is 274 g/mol.